The molecule has 0 aliphatic heterocycles. The molecule has 2 N–H and O–H groups in total. The lowest BCUT2D eigenvalue weighted by atomic mass is 9.85. The third-order valence-corrected chi connectivity index (χ3v) is 3.76. The number of hydrogen-bond donors (Lipinski definition) is 1. The molecule has 0 aromatic heterocycles. The molecule has 0 spiro atoms. The van der Waals surface area contributed by atoms with Crippen molar-refractivity contribution in [1.82, 2.24) is 0 Å². The maximum Gasteiger partial charge on any atom is 0.310 e. The SMILES string of the molecule is CCC1CCCC(OC(=O)C(C)C(C)N)C1. The van der Waals surface area contributed by atoms with Crippen LogP contribution in [0.3, 0.4) is 0 Å². The molecule has 94 valence electrons. The molecular formula is C13H25NO2. The fraction of sp³-hybridized carbons (Fsp3) is 0.923. The maximum atomic E-state index is 11.7. The van der Waals surface area contributed by atoms with Gasteiger partial charge < -0.3 is 10.5 Å². The van der Waals surface area contributed by atoms with Crippen LogP contribution in [0.4, 0.5) is 0 Å². The summed E-state index contributed by atoms with van der Waals surface area (Å²) in [4.78, 5) is 11.7. The monoisotopic (exact) mass is 227 g/mol. The summed E-state index contributed by atoms with van der Waals surface area (Å²) < 4.78 is 5.53. The van der Waals surface area contributed by atoms with Crippen molar-refractivity contribution < 1.29 is 9.53 Å². The van der Waals surface area contributed by atoms with Crippen LogP contribution < -0.4 is 5.73 Å². The quantitative estimate of drug-likeness (QED) is 0.751. The highest BCUT2D eigenvalue weighted by molar-refractivity contribution is 5.72. The Balaban J connectivity index is 2.38. The van der Waals surface area contributed by atoms with E-state index in [0.717, 1.165) is 18.8 Å². The predicted molar refractivity (Wildman–Crippen MR) is 64.9 cm³/mol. The average Bonchev–Trinajstić information content (AvgIpc) is 2.28. The van der Waals surface area contributed by atoms with E-state index in [1.807, 2.05) is 13.8 Å². The van der Waals surface area contributed by atoms with Crippen molar-refractivity contribution in [2.45, 2.75) is 65.0 Å². The van der Waals surface area contributed by atoms with Gasteiger partial charge in [0.15, 0.2) is 0 Å². The molecule has 0 amide bonds. The van der Waals surface area contributed by atoms with Gasteiger partial charge in [-0.15, -0.1) is 0 Å². The molecular weight excluding hydrogens is 202 g/mol. The van der Waals surface area contributed by atoms with E-state index in [-0.39, 0.29) is 24.0 Å². The molecule has 0 radical (unpaired) electrons. The molecule has 1 saturated carbocycles. The summed E-state index contributed by atoms with van der Waals surface area (Å²) in [5, 5.41) is 0. The number of rotatable bonds is 4. The Hall–Kier alpha value is -0.570. The van der Waals surface area contributed by atoms with E-state index < -0.39 is 0 Å². The van der Waals surface area contributed by atoms with Gasteiger partial charge in [0, 0.05) is 6.04 Å². The highest BCUT2D eigenvalue weighted by Gasteiger charge is 2.26. The standard InChI is InChI=1S/C13H25NO2/c1-4-11-6-5-7-12(8-11)16-13(15)9(2)10(3)14/h9-12H,4-8,14H2,1-3H3. The second kappa shape index (κ2) is 6.24. The molecule has 0 aromatic carbocycles. The van der Waals surface area contributed by atoms with E-state index in [9.17, 15) is 4.79 Å². The lowest BCUT2D eigenvalue weighted by Crippen LogP contribution is -2.35. The second-order valence-electron chi connectivity index (χ2n) is 5.15. The van der Waals surface area contributed by atoms with E-state index in [2.05, 4.69) is 6.92 Å². The fourth-order valence-electron chi connectivity index (χ4n) is 2.21. The molecule has 0 bridgehead atoms. The zero-order valence-corrected chi connectivity index (χ0v) is 10.7. The van der Waals surface area contributed by atoms with Gasteiger partial charge in [0.25, 0.3) is 0 Å². The van der Waals surface area contributed by atoms with Crippen molar-refractivity contribution in [3.05, 3.63) is 0 Å². The van der Waals surface area contributed by atoms with E-state index in [1.54, 1.807) is 0 Å². The van der Waals surface area contributed by atoms with Gasteiger partial charge in [-0.05, 0) is 32.1 Å². The molecule has 4 unspecified atom stereocenters. The average molecular weight is 227 g/mol. The molecule has 3 nitrogen and oxygen atoms in total. The lowest BCUT2D eigenvalue weighted by molar-refractivity contribution is -0.156. The minimum absolute atomic E-state index is 0.127. The van der Waals surface area contributed by atoms with Gasteiger partial charge in [-0.2, -0.15) is 0 Å². The first-order valence-electron chi connectivity index (χ1n) is 6.50. The summed E-state index contributed by atoms with van der Waals surface area (Å²) in [5.74, 6) is 0.413. The zero-order chi connectivity index (χ0) is 12.1. The summed E-state index contributed by atoms with van der Waals surface area (Å²) in [6, 6.07) is -0.127. The van der Waals surface area contributed by atoms with Gasteiger partial charge in [-0.1, -0.05) is 26.7 Å². The number of ether oxygens (including phenoxy) is 1. The first-order chi connectivity index (χ1) is 7.54. The molecule has 0 heterocycles. The van der Waals surface area contributed by atoms with E-state index in [1.165, 1.54) is 19.3 Å². The van der Waals surface area contributed by atoms with Crippen molar-refractivity contribution >= 4 is 5.97 Å². The largest absolute Gasteiger partial charge is 0.462 e. The second-order valence-corrected chi connectivity index (χ2v) is 5.15. The van der Waals surface area contributed by atoms with Crippen LogP contribution in [0.2, 0.25) is 0 Å². The predicted octanol–water partition coefficient (Wildman–Crippen LogP) is 2.48. The van der Waals surface area contributed by atoms with Crippen molar-refractivity contribution in [2.75, 3.05) is 0 Å². The van der Waals surface area contributed by atoms with Crippen LogP contribution in [-0.4, -0.2) is 18.1 Å². The molecule has 4 atom stereocenters. The highest BCUT2D eigenvalue weighted by atomic mass is 16.5. The molecule has 1 rings (SSSR count). The Morgan fingerprint density at radius 1 is 1.44 bits per heavy atom. The van der Waals surface area contributed by atoms with Gasteiger partial charge in [-0.3, -0.25) is 4.79 Å². The smallest absolute Gasteiger partial charge is 0.310 e. The first kappa shape index (κ1) is 13.5. The van der Waals surface area contributed by atoms with Crippen LogP contribution >= 0.6 is 0 Å². The van der Waals surface area contributed by atoms with Crippen molar-refractivity contribution in [3.8, 4) is 0 Å². The number of carbonyl (C=O) groups excluding carboxylic acids is 1. The summed E-state index contributed by atoms with van der Waals surface area (Å²) >= 11 is 0. The fourth-order valence-corrected chi connectivity index (χ4v) is 2.21. The Labute approximate surface area is 98.7 Å². The summed E-state index contributed by atoms with van der Waals surface area (Å²) in [6.45, 7) is 5.90. The Morgan fingerprint density at radius 2 is 2.12 bits per heavy atom. The number of hydrogen-bond acceptors (Lipinski definition) is 3. The first-order valence-corrected chi connectivity index (χ1v) is 6.50. The molecule has 1 fully saturated rings. The topological polar surface area (TPSA) is 52.3 Å². The minimum atomic E-state index is -0.193. The Bertz CT molecular complexity index is 228. The lowest BCUT2D eigenvalue weighted by Gasteiger charge is -2.29. The van der Waals surface area contributed by atoms with Gasteiger partial charge in [-0.25, -0.2) is 0 Å². The Kier molecular flexibility index (Phi) is 5.26. The summed E-state index contributed by atoms with van der Waals surface area (Å²) in [7, 11) is 0. The van der Waals surface area contributed by atoms with Crippen LogP contribution in [0.25, 0.3) is 0 Å². The minimum Gasteiger partial charge on any atom is -0.462 e. The molecule has 1 aliphatic carbocycles. The van der Waals surface area contributed by atoms with E-state index in [0.29, 0.717) is 0 Å². The number of nitrogens with two attached hydrogens (primary N) is 1. The normalized spacial score (nSPS) is 29.5. The zero-order valence-electron chi connectivity index (χ0n) is 10.7. The van der Waals surface area contributed by atoms with Gasteiger partial charge in [0.1, 0.15) is 6.10 Å². The van der Waals surface area contributed by atoms with Gasteiger partial charge in [0.05, 0.1) is 5.92 Å². The molecule has 3 heteroatoms. The summed E-state index contributed by atoms with van der Waals surface area (Å²) in [5.41, 5.74) is 5.69. The van der Waals surface area contributed by atoms with Crippen LogP contribution in [0.5, 0.6) is 0 Å². The van der Waals surface area contributed by atoms with Crippen LogP contribution in [0.15, 0.2) is 0 Å². The van der Waals surface area contributed by atoms with E-state index >= 15 is 0 Å². The van der Waals surface area contributed by atoms with E-state index in [4.69, 9.17) is 10.5 Å². The van der Waals surface area contributed by atoms with Crippen molar-refractivity contribution in [1.29, 1.82) is 0 Å². The van der Waals surface area contributed by atoms with Crippen molar-refractivity contribution in [3.63, 3.8) is 0 Å². The maximum absolute atomic E-state index is 11.7. The summed E-state index contributed by atoms with van der Waals surface area (Å²) in [6.07, 6.45) is 5.85. The molecule has 1 aliphatic rings. The van der Waals surface area contributed by atoms with Crippen molar-refractivity contribution in [2.24, 2.45) is 17.6 Å². The third-order valence-electron chi connectivity index (χ3n) is 3.76. The Morgan fingerprint density at radius 3 is 2.69 bits per heavy atom. The van der Waals surface area contributed by atoms with Crippen LogP contribution in [0.1, 0.15) is 52.9 Å². The number of esters is 1. The third kappa shape index (κ3) is 3.78. The molecule has 0 saturated heterocycles. The number of carbonyl (C=O) groups is 1. The highest BCUT2D eigenvalue weighted by Crippen LogP contribution is 2.28. The molecule has 16 heavy (non-hydrogen) atoms. The van der Waals surface area contributed by atoms with Crippen LogP contribution in [-0.2, 0) is 9.53 Å². The van der Waals surface area contributed by atoms with Gasteiger partial charge in [0.2, 0.25) is 0 Å². The van der Waals surface area contributed by atoms with Crippen LogP contribution in [0, 0.1) is 11.8 Å². The van der Waals surface area contributed by atoms with Gasteiger partial charge >= 0.3 is 5.97 Å². The molecule has 0 aromatic rings.